The van der Waals surface area contributed by atoms with E-state index in [9.17, 15) is 13.6 Å². The maximum absolute atomic E-state index is 13.3. The van der Waals surface area contributed by atoms with Crippen LogP contribution in [0.2, 0.25) is 0 Å². The Morgan fingerprint density at radius 1 is 1.44 bits per heavy atom. The van der Waals surface area contributed by atoms with Gasteiger partial charge in [0, 0.05) is 12.7 Å². The average molecular weight is 272 g/mol. The lowest BCUT2D eigenvalue weighted by molar-refractivity contribution is 0.0941. The summed E-state index contributed by atoms with van der Waals surface area (Å²) in [6, 6.07) is 1.18. The first kappa shape index (κ1) is 13.3. The van der Waals surface area contributed by atoms with Gasteiger partial charge in [0.1, 0.15) is 0 Å². The third-order valence-corrected chi connectivity index (χ3v) is 4.03. The van der Waals surface area contributed by atoms with E-state index in [1.54, 1.807) is 0 Å². The molecular weight excluding hydrogens is 258 g/mol. The Hall–Kier alpha value is -1.17. The van der Waals surface area contributed by atoms with Gasteiger partial charge in [0.2, 0.25) is 5.95 Å². The van der Waals surface area contributed by atoms with Crippen LogP contribution in [0, 0.1) is 17.7 Å². The number of hydrogen-bond donors (Lipinski definition) is 1. The van der Waals surface area contributed by atoms with E-state index >= 15 is 0 Å². The van der Waals surface area contributed by atoms with Crippen molar-refractivity contribution in [3.05, 3.63) is 29.6 Å². The van der Waals surface area contributed by atoms with E-state index < -0.39 is 17.7 Å². The number of carbonyl (C=O) groups is 1. The molecule has 0 aliphatic carbocycles. The van der Waals surface area contributed by atoms with Gasteiger partial charge in [0.15, 0.2) is 5.82 Å². The Kier molecular flexibility index (Phi) is 4.52. The number of nitrogens with one attached hydrogen (secondary N) is 1. The predicted octanol–water partition coefficient (Wildman–Crippen LogP) is 2.23. The van der Waals surface area contributed by atoms with Crippen molar-refractivity contribution in [3.8, 4) is 0 Å². The summed E-state index contributed by atoms with van der Waals surface area (Å²) >= 11 is 1.90. The molecule has 1 aromatic rings. The zero-order valence-corrected chi connectivity index (χ0v) is 10.6. The predicted molar refractivity (Wildman–Crippen MR) is 66.5 cm³/mol. The SMILES string of the molecule is O=C(NCC1CCSCC1)c1ccnc(F)c1F. The van der Waals surface area contributed by atoms with E-state index in [2.05, 4.69) is 10.3 Å². The molecule has 1 N–H and O–H groups in total. The lowest BCUT2D eigenvalue weighted by Crippen LogP contribution is -2.31. The number of amides is 1. The minimum Gasteiger partial charge on any atom is -0.352 e. The Bertz CT molecular complexity index is 436. The average Bonchev–Trinajstić information content (AvgIpc) is 2.40. The summed E-state index contributed by atoms with van der Waals surface area (Å²) in [4.78, 5) is 14.9. The first-order valence-electron chi connectivity index (χ1n) is 5.84. The van der Waals surface area contributed by atoms with Crippen LogP contribution in [-0.2, 0) is 0 Å². The molecule has 3 nitrogen and oxygen atoms in total. The largest absolute Gasteiger partial charge is 0.352 e. The highest BCUT2D eigenvalue weighted by atomic mass is 32.2. The number of rotatable bonds is 3. The van der Waals surface area contributed by atoms with E-state index in [1.165, 1.54) is 6.07 Å². The lowest BCUT2D eigenvalue weighted by Gasteiger charge is -2.21. The fourth-order valence-corrected chi connectivity index (χ4v) is 3.08. The highest BCUT2D eigenvalue weighted by Gasteiger charge is 2.18. The van der Waals surface area contributed by atoms with Gasteiger partial charge in [-0.15, -0.1) is 0 Å². The van der Waals surface area contributed by atoms with Crippen molar-refractivity contribution in [3.63, 3.8) is 0 Å². The van der Waals surface area contributed by atoms with Gasteiger partial charge in [-0.05, 0) is 36.3 Å². The summed E-state index contributed by atoms with van der Waals surface area (Å²) in [5.74, 6) is -0.375. The number of hydrogen-bond acceptors (Lipinski definition) is 3. The van der Waals surface area contributed by atoms with Crippen molar-refractivity contribution >= 4 is 17.7 Å². The molecule has 0 bridgehead atoms. The van der Waals surface area contributed by atoms with E-state index in [1.807, 2.05) is 11.8 Å². The highest BCUT2D eigenvalue weighted by Crippen LogP contribution is 2.22. The van der Waals surface area contributed by atoms with Gasteiger partial charge >= 0.3 is 0 Å². The zero-order valence-electron chi connectivity index (χ0n) is 9.79. The second-order valence-corrected chi connectivity index (χ2v) is 5.45. The number of halogens is 2. The molecule has 0 unspecified atom stereocenters. The summed E-state index contributed by atoms with van der Waals surface area (Å²) in [5, 5.41) is 2.65. The maximum atomic E-state index is 13.3. The second-order valence-electron chi connectivity index (χ2n) is 4.23. The second kappa shape index (κ2) is 6.13. The minimum atomic E-state index is -1.24. The van der Waals surface area contributed by atoms with Crippen LogP contribution in [0.5, 0.6) is 0 Å². The topological polar surface area (TPSA) is 42.0 Å². The quantitative estimate of drug-likeness (QED) is 0.858. The molecule has 1 saturated heterocycles. The van der Waals surface area contributed by atoms with Crippen LogP contribution in [0.4, 0.5) is 8.78 Å². The van der Waals surface area contributed by atoms with E-state index in [0.29, 0.717) is 12.5 Å². The smallest absolute Gasteiger partial charge is 0.254 e. The van der Waals surface area contributed by atoms with Gasteiger partial charge < -0.3 is 5.32 Å². The van der Waals surface area contributed by atoms with Gasteiger partial charge in [0.05, 0.1) is 5.56 Å². The molecular formula is C12H14F2N2OS. The monoisotopic (exact) mass is 272 g/mol. The summed E-state index contributed by atoms with van der Waals surface area (Å²) < 4.78 is 26.2. The minimum absolute atomic E-state index is 0.285. The molecule has 2 heterocycles. The normalized spacial score (nSPS) is 16.6. The van der Waals surface area contributed by atoms with Crippen molar-refractivity contribution < 1.29 is 13.6 Å². The first-order valence-corrected chi connectivity index (χ1v) is 7.00. The Morgan fingerprint density at radius 3 is 2.89 bits per heavy atom. The van der Waals surface area contributed by atoms with Crippen LogP contribution in [-0.4, -0.2) is 28.9 Å². The molecule has 1 aliphatic heterocycles. The Balaban J connectivity index is 1.93. The van der Waals surface area contributed by atoms with Crippen LogP contribution < -0.4 is 5.32 Å². The van der Waals surface area contributed by atoms with E-state index in [0.717, 1.165) is 30.5 Å². The molecule has 0 spiro atoms. The molecule has 0 atom stereocenters. The highest BCUT2D eigenvalue weighted by molar-refractivity contribution is 7.99. The van der Waals surface area contributed by atoms with Crippen LogP contribution in [0.3, 0.4) is 0 Å². The van der Waals surface area contributed by atoms with Crippen molar-refractivity contribution in [2.45, 2.75) is 12.8 Å². The molecule has 0 saturated carbocycles. The molecule has 0 aromatic carbocycles. The standard InChI is InChI=1S/C12H14F2N2OS/c13-10-9(1-4-15-11(10)14)12(17)16-7-8-2-5-18-6-3-8/h1,4,8H,2-3,5-7H2,(H,16,17). The van der Waals surface area contributed by atoms with Crippen LogP contribution >= 0.6 is 11.8 Å². The van der Waals surface area contributed by atoms with Crippen LogP contribution in [0.25, 0.3) is 0 Å². The van der Waals surface area contributed by atoms with Gasteiger partial charge in [-0.25, -0.2) is 9.37 Å². The number of aromatic nitrogens is 1. The molecule has 2 rings (SSSR count). The molecule has 1 aromatic heterocycles. The molecule has 98 valence electrons. The Labute approximate surface area is 108 Å². The van der Waals surface area contributed by atoms with Gasteiger partial charge in [-0.2, -0.15) is 16.2 Å². The van der Waals surface area contributed by atoms with E-state index in [4.69, 9.17) is 0 Å². The third-order valence-electron chi connectivity index (χ3n) is 2.98. The van der Waals surface area contributed by atoms with Crippen molar-refractivity contribution in [1.82, 2.24) is 10.3 Å². The fourth-order valence-electron chi connectivity index (χ4n) is 1.88. The van der Waals surface area contributed by atoms with Gasteiger partial charge in [-0.3, -0.25) is 4.79 Å². The third kappa shape index (κ3) is 3.19. The fraction of sp³-hybridized carbons (Fsp3) is 0.500. The summed E-state index contributed by atoms with van der Waals surface area (Å²) in [7, 11) is 0. The van der Waals surface area contributed by atoms with Crippen molar-refractivity contribution in [1.29, 1.82) is 0 Å². The summed E-state index contributed by atoms with van der Waals surface area (Å²) in [5.41, 5.74) is -0.285. The molecule has 1 fully saturated rings. The Morgan fingerprint density at radius 2 is 2.17 bits per heavy atom. The zero-order chi connectivity index (χ0) is 13.0. The number of pyridine rings is 1. The summed E-state index contributed by atoms with van der Waals surface area (Å²) in [6.07, 6.45) is 3.20. The van der Waals surface area contributed by atoms with Crippen molar-refractivity contribution in [2.75, 3.05) is 18.1 Å². The molecule has 6 heteroatoms. The summed E-state index contributed by atoms with van der Waals surface area (Å²) in [6.45, 7) is 0.517. The number of carbonyl (C=O) groups excluding carboxylic acids is 1. The van der Waals surface area contributed by atoms with Crippen molar-refractivity contribution in [2.24, 2.45) is 5.92 Å². The maximum Gasteiger partial charge on any atom is 0.254 e. The molecule has 0 radical (unpaired) electrons. The number of thioether (sulfide) groups is 1. The molecule has 18 heavy (non-hydrogen) atoms. The molecule has 1 amide bonds. The number of nitrogens with zero attached hydrogens (tertiary/aromatic N) is 1. The lowest BCUT2D eigenvalue weighted by atomic mass is 10.0. The molecule has 1 aliphatic rings. The van der Waals surface area contributed by atoms with E-state index in [-0.39, 0.29) is 5.56 Å². The van der Waals surface area contributed by atoms with Crippen LogP contribution in [0.15, 0.2) is 12.3 Å². The van der Waals surface area contributed by atoms with Gasteiger partial charge in [-0.1, -0.05) is 0 Å². The first-order chi connectivity index (χ1) is 8.68. The van der Waals surface area contributed by atoms with Crippen LogP contribution in [0.1, 0.15) is 23.2 Å². The van der Waals surface area contributed by atoms with Gasteiger partial charge in [0.25, 0.3) is 5.91 Å².